The van der Waals surface area contributed by atoms with Gasteiger partial charge in [-0.1, -0.05) is 43.2 Å². The van der Waals surface area contributed by atoms with Crippen LogP contribution in [-0.4, -0.2) is 91.2 Å². The molecule has 6 bridgehead atoms. The Hall–Kier alpha value is -4.57. The molecule has 2 N–H and O–H groups in total. The van der Waals surface area contributed by atoms with Crippen molar-refractivity contribution < 1.29 is 28.6 Å². The molecule has 53 heavy (non-hydrogen) atoms. The Morgan fingerprint density at radius 2 is 1.83 bits per heavy atom. The molecule has 2 aromatic heterocycles. The number of carbonyl (C=O) groups excluding carboxylic acids is 3. The molecule has 8 unspecified atom stereocenters. The minimum absolute atomic E-state index is 0.0342. The highest BCUT2D eigenvalue weighted by Gasteiger charge is 2.65. The lowest BCUT2D eigenvalue weighted by Gasteiger charge is -2.57. The highest BCUT2D eigenvalue weighted by molar-refractivity contribution is 5.97. The summed E-state index contributed by atoms with van der Waals surface area (Å²) >= 11 is 0. The minimum Gasteiger partial charge on any atom is -0.496 e. The van der Waals surface area contributed by atoms with Gasteiger partial charge in [0.15, 0.2) is 0 Å². The number of rotatable bonds is 5. The molecule has 2 aliphatic carbocycles. The summed E-state index contributed by atoms with van der Waals surface area (Å²) in [6, 6.07) is 12.3. The van der Waals surface area contributed by atoms with Crippen LogP contribution >= 0.6 is 0 Å². The smallest absolute Gasteiger partial charge is 0.319 e. The second-order valence-electron chi connectivity index (χ2n) is 16.1. The largest absolute Gasteiger partial charge is 0.496 e. The topological polar surface area (TPSA) is 117 Å². The summed E-state index contributed by atoms with van der Waals surface area (Å²) in [5, 5.41) is 2.20. The van der Waals surface area contributed by atoms with E-state index in [1.165, 1.54) is 25.4 Å². The maximum Gasteiger partial charge on any atom is 0.319 e. The Balaban J connectivity index is 1.32. The first-order chi connectivity index (χ1) is 25.7. The highest BCUT2D eigenvalue weighted by atomic mass is 16.5. The number of fused-ring (bicyclic) bond motifs is 9. The van der Waals surface area contributed by atoms with Crippen molar-refractivity contribution >= 4 is 39.7 Å². The average Bonchev–Trinajstić information content (AvgIpc) is 3.70. The van der Waals surface area contributed by atoms with Crippen LogP contribution < -0.4 is 4.74 Å². The van der Waals surface area contributed by atoms with E-state index in [0.29, 0.717) is 32.2 Å². The molecule has 8 atom stereocenters. The molecule has 6 aliphatic rings. The second kappa shape index (κ2) is 12.5. The number of hydrogen-bond donors (Lipinski definition) is 2. The van der Waals surface area contributed by atoms with Crippen LogP contribution in [-0.2, 0) is 42.1 Å². The molecule has 4 fully saturated rings. The SMILES string of the molecule is CC=C1CN(C)C2Cc3c([nH]c4ccccc34)C(c3c(OC)ccc4c5c([nH]c34)C3(C(=O)OC)CC4CC(CC)C3N(CC5)C4=O)CC1C2C(=O)OC. The van der Waals surface area contributed by atoms with Crippen LogP contribution in [0.4, 0.5) is 0 Å². The van der Waals surface area contributed by atoms with Crippen LogP contribution in [0.1, 0.15) is 73.5 Å². The zero-order chi connectivity index (χ0) is 36.9. The number of carbonyl (C=O) groups is 3. The quantitative estimate of drug-likeness (QED) is 0.192. The maximum atomic E-state index is 14.4. The second-order valence-corrected chi connectivity index (χ2v) is 16.1. The van der Waals surface area contributed by atoms with Crippen LogP contribution in [0.3, 0.4) is 0 Å². The predicted molar refractivity (Wildman–Crippen MR) is 202 cm³/mol. The standard InChI is InChI=1S/C43H50N4O6/c1-7-22-17-24-20-43(42(50)53-6)38-27(15-16-47(39(22)43)40(24)48)26-13-14-33(51-4)35(37(26)45-38)30-18-28-23(8-2)21-46(3)32(34(28)41(49)52-5)19-29-25-11-9-10-12-31(25)44-36(29)30/h8-14,22,24,28,30,32,34,39,44-45H,7,15-21H2,1-6H3. The number of nitrogens with one attached hydrogen (secondary N) is 2. The van der Waals surface area contributed by atoms with Gasteiger partial charge in [0.1, 0.15) is 11.2 Å². The van der Waals surface area contributed by atoms with Crippen molar-refractivity contribution in [1.82, 2.24) is 19.8 Å². The maximum absolute atomic E-state index is 14.4. The fraction of sp³-hybridized carbons (Fsp3) is 0.512. The van der Waals surface area contributed by atoms with E-state index in [1.807, 2.05) is 4.90 Å². The van der Waals surface area contributed by atoms with E-state index in [9.17, 15) is 14.4 Å². The Bertz CT molecular complexity index is 2200. The summed E-state index contributed by atoms with van der Waals surface area (Å²) < 4.78 is 17.5. The molecule has 10 heteroatoms. The lowest BCUT2D eigenvalue weighted by molar-refractivity contribution is -0.172. The summed E-state index contributed by atoms with van der Waals surface area (Å²) in [6.45, 7) is 5.59. The number of aromatic amines is 2. The van der Waals surface area contributed by atoms with E-state index >= 15 is 0 Å². The van der Waals surface area contributed by atoms with Crippen molar-refractivity contribution in [3.63, 3.8) is 0 Å². The fourth-order valence-electron chi connectivity index (χ4n) is 11.9. The zero-order valence-electron chi connectivity index (χ0n) is 31.6. The van der Waals surface area contributed by atoms with Gasteiger partial charge in [-0.2, -0.15) is 0 Å². The van der Waals surface area contributed by atoms with Crippen LogP contribution in [0.2, 0.25) is 0 Å². The van der Waals surface area contributed by atoms with Crippen LogP contribution in [0.5, 0.6) is 5.75 Å². The third-order valence-corrected chi connectivity index (χ3v) is 14.1. The van der Waals surface area contributed by atoms with E-state index in [-0.39, 0.29) is 59.5 Å². The molecule has 6 heterocycles. The van der Waals surface area contributed by atoms with E-state index in [0.717, 1.165) is 69.5 Å². The molecule has 3 saturated heterocycles. The summed E-state index contributed by atoms with van der Waals surface area (Å²) in [6.07, 6.45) is 6.31. The van der Waals surface area contributed by atoms with Gasteiger partial charge >= 0.3 is 11.9 Å². The monoisotopic (exact) mass is 718 g/mol. The van der Waals surface area contributed by atoms with Crippen molar-refractivity contribution in [3.8, 4) is 5.75 Å². The Labute approximate surface area is 310 Å². The number of H-pyrrole nitrogens is 2. The number of likely N-dealkylation sites (tertiary alicyclic amines) is 1. The highest BCUT2D eigenvalue weighted by Crippen LogP contribution is 2.57. The van der Waals surface area contributed by atoms with Crippen LogP contribution in [0, 0.1) is 23.7 Å². The van der Waals surface area contributed by atoms with Gasteiger partial charge in [-0.05, 0) is 87.2 Å². The third-order valence-electron chi connectivity index (χ3n) is 14.1. The van der Waals surface area contributed by atoms with Crippen LogP contribution in [0.15, 0.2) is 48.0 Å². The molecule has 0 radical (unpaired) electrons. The number of piperidine rings is 3. The number of allylic oxidation sites excluding steroid dienone is 1. The number of esters is 2. The first-order valence-electron chi connectivity index (χ1n) is 19.3. The molecule has 10 rings (SSSR count). The molecule has 10 nitrogen and oxygen atoms in total. The summed E-state index contributed by atoms with van der Waals surface area (Å²) in [4.78, 5) is 54.2. The molecule has 0 spiro atoms. The van der Waals surface area contributed by atoms with E-state index in [1.54, 1.807) is 7.11 Å². The van der Waals surface area contributed by atoms with Gasteiger partial charge in [0.25, 0.3) is 0 Å². The van der Waals surface area contributed by atoms with Crippen molar-refractivity contribution in [3.05, 3.63) is 76.1 Å². The average molecular weight is 719 g/mol. The molecule has 4 aliphatic heterocycles. The van der Waals surface area contributed by atoms with Gasteiger partial charge in [0, 0.05) is 64.2 Å². The summed E-state index contributed by atoms with van der Waals surface area (Å²) in [5.74, 6) is -0.147. The number of nitrogens with zero attached hydrogens (tertiary/aromatic N) is 2. The normalized spacial score (nSPS) is 31.5. The third kappa shape index (κ3) is 4.63. The first-order valence-corrected chi connectivity index (χ1v) is 19.3. The predicted octanol–water partition coefficient (Wildman–Crippen LogP) is 6.02. The molecule has 2 aromatic carbocycles. The molecule has 1 saturated carbocycles. The summed E-state index contributed by atoms with van der Waals surface area (Å²) in [5.41, 5.74) is 7.58. The lowest BCUT2D eigenvalue weighted by Crippen LogP contribution is -2.69. The number of hydrogen-bond acceptors (Lipinski definition) is 7. The Morgan fingerprint density at radius 3 is 2.57 bits per heavy atom. The molecular weight excluding hydrogens is 668 g/mol. The van der Waals surface area contributed by atoms with Crippen molar-refractivity contribution in [2.24, 2.45) is 23.7 Å². The molecule has 4 aromatic rings. The van der Waals surface area contributed by atoms with E-state index in [2.05, 4.69) is 78.2 Å². The van der Waals surface area contributed by atoms with Crippen LogP contribution in [0.25, 0.3) is 21.8 Å². The molecular formula is C43H50N4O6. The van der Waals surface area contributed by atoms with Gasteiger partial charge < -0.3 is 29.1 Å². The van der Waals surface area contributed by atoms with Gasteiger partial charge in [-0.3, -0.25) is 19.3 Å². The number of benzene rings is 2. The minimum atomic E-state index is -0.996. The number of methoxy groups -OCH3 is 3. The first kappa shape index (κ1) is 34.2. The van der Waals surface area contributed by atoms with Gasteiger partial charge in [-0.15, -0.1) is 0 Å². The van der Waals surface area contributed by atoms with Gasteiger partial charge in [-0.25, -0.2) is 0 Å². The summed E-state index contributed by atoms with van der Waals surface area (Å²) in [7, 11) is 6.82. The van der Waals surface area contributed by atoms with Crippen molar-refractivity contribution in [2.75, 3.05) is 41.5 Å². The number of amides is 1. The van der Waals surface area contributed by atoms with E-state index < -0.39 is 5.41 Å². The Kier molecular flexibility index (Phi) is 8.07. The number of ether oxygens (including phenoxy) is 3. The van der Waals surface area contributed by atoms with Gasteiger partial charge in [0.05, 0.1) is 38.8 Å². The number of para-hydroxylation sites is 1. The van der Waals surface area contributed by atoms with Gasteiger partial charge in [0.2, 0.25) is 5.91 Å². The number of aromatic nitrogens is 2. The Morgan fingerprint density at radius 1 is 1.02 bits per heavy atom. The lowest BCUT2D eigenvalue weighted by atomic mass is 9.56. The van der Waals surface area contributed by atoms with Crippen molar-refractivity contribution in [2.45, 2.75) is 75.8 Å². The van der Waals surface area contributed by atoms with Crippen molar-refractivity contribution in [1.29, 1.82) is 0 Å². The van der Waals surface area contributed by atoms with E-state index in [4.69, 9.17) is 14.2 Å². The molecule has 278 valence electrons. The fourth-order valence-corrected chi connectivity index (χ4v) is 11.9. The number of likely N-dealkylation sites (N-methyl/N-ethyl adjacent to an activating group) is 1. The molecule has 1 amide bonds. The zero-order valence-corrected chi connectivity index (χ0v) is 31.6.